The summed E-state index contributed by atoms with van der Waals surface area (Å²) in [5.41, 5.74) is 2.68. The molecule has 1 aromatic rings. The van der Waals surface area contributed by atoms with Crippen molar-refractivity contribution in [3.8, 4) is 0 Å². The molecule has 0 aromatic heterocycles. The minimum absolute atomic E-state index is 0.156. The van der Waals surface area contributed by atoms with Gasteiger partial charge in [0.2, 0.25) is 11.8 Å². The minimum atomic E-state index is 0.156. The molecule has 1 aliphatic heterocycles. The highest BCUT2D eigenvalue weighted by molar-refractivity contribution is 5.78. The molecule has 2 rings (SSSR count). The SMILES string of the molecule is CCCC(=O)N1CCN(C(=O)CCc2ccc(C(C)(C)C)cc2)CC1. The molecule has 0 bridgehead atoms. The fraction of sp³-hybridized carbons (Fsp3) is 0.619. The fourth-order valence-corrected chi connectivity index (χ4v) is 3.16. The smallest absolute Gasteiger partial charge is 0.223 e. The molecular formula is C21H32N2O2. The zero-order chi connectivity index (χ0) is 18.4. The molecule has 1 fully saturated rings. The molecule has 1 heterocycles. The van der Waals surface area contributed by atoms with Gasteiger partial charge in [0, 0.05) is 39.0 Å². The predicted octanol–water partition coefficient (Wildman–Crippen LogP) is 3.39. The topological polar surface area (TPSA) is 40.6 Å². The van der Waals surface area contributed by atoms with Crippen LogP contribution in [0.3, 0.4) is 0 Å². The van der Waals surface area contributed by atoms with Crippen molar-refractivity contribution in [2.45, 2.75) is 58.8 Å². The molecule has 4 heteroatoms. The highest BCUT2D eigenvalue weighted by Crippen LogP contribution is 2.22. The van der Waals surface area contributed by atoms with Crippen LogP contribution in [0.15, 0.2) is 24.3 Å². The van der Waals surface area contributed by atoms with Gasteiger partial charge in [0.1, 0.15) is 0 Å². The number of hydrogen-bond donors (Lipinski definition) is 0. The molecule has 0 radical (unpaired) electrons. The lowest BCUT2D eigenvalue weighted by atomic mass is 9.86. The summed E-state index contributed by atoms with van der Waals surface area (Å²) in [4.78, 5) is 28.1. The number of nitrogens with zero attached hydrogens (tertiary/aromatic N) is 2. The summed E-state index contributed by atoms with van der Waals surface area (Å²) in [6, 6.07) is 8.60. The van der Waals surface area contributed by atoms with E-state index in [2.05, 4.69) is 45.0 Å². The Labute approximate surface area is 152 Å². The van der Waals surface area contributed by atoms with Crippen molar-refractivity contribution in [1.29, 1.82) is 0 Å². The summed E-state index contributed by atoms with van der Waals surface area (Å²) < 4.78 is 0. The van der Waals surface area contributed by atoms with E-state index in [1.54, 1.807) is 0 Å². The maximum Gasteiger partial charge on any atom is 0.223 e. The van der Waals surface area contributed by atoms with Gasteiger partial charge >= 0.3 is 0 Å². The first kappa shape index (κ1) is 19.5. The summed E-state index contributed by atoms with van der Waals surface area (Å²) in [6.45, 7) is 11.3. The molecule has 138 valence electrons. The monoisotopic (exact) mass is 344 g/mol. The third kappa shape index (κ3) is 5.58. The van der Waals surface area contributed by atoms with Crippen LogP contribution >= 0.6 is 0 Å². The number of amides is 2. The number of piperazine rings is 1. The van der Waals surface area contributed by atoms with E-state index in [0.29, 0.717) is 39.0 Å². The second kappa shape index (κ2) is 8.50. The van der Waals surface area contributed by atoms with Crippen LogP contribution in [0.4, 0.5) is 0 Å². The van der Waals surface area contributed by atoms with Gasteiger partial charge in [-0.3, -0.25) is 9.59 Å². The lowest BCUT2D eigenvalue weighted by molar-refractivity contribution is -0.139. The molecule has 0 unspecified atom stereocenters. The molecule has 1 aliphatic rings. The van der Waals surface area contributed by atoms with Crippen LogP contribution in [0.2, 0.25) is 0 Å². The van der Waals surface area contributed by atoms with Crippen molar-refractivity contribution in [2.24, 2.45) is 0 Å². The van der Waals surface area contributed by atoms with Gasteiger partial charge in [-0.15, -0.1) is 0 Å². The van der Waals surface area contributed by atoms with Gasteiger partial charge in [-0.1, -0.05) is 52.0 Å². The normalized spacial score (nSPS) is 15.4. The number of aryl methyl sites for hydroxylation is 1. The first-order valence-corrected chi connectivity index (χ1v) is 9.46. The molecule has 25 heavy (non-hydrogen) atoms. The van der Waals surface area contributed by atoms with Crippen LogP contribution in [0.1, 0.15) is 58.1 Å². The lowest BCUT2D eigenvalue weighted by Crippen LogP contribution is -2.50. The third-order valence-corrected chi connectivity index (χ3v) is 4.90. The van der Waals surface area contributed by atoms with Crippen molar-refractivity contribution < 1.29 is 9.59 Å². The number of carbonyl (C=O) groups is 2. The van der Waals surface area contributed by atoms with E-state index >= 15 is 0 Å². The average Bonchev–Trinajstić information content (AvgIpc) is 2.59. The van der Waals surface area contributed by atoms with E-state index in [1.165, 1.54) is 11.1 Å². The van der Waals surface area contributed by atoms with Gasteiger partial charge in [0.25, 0.3) is 0 Å². The molecule has 1 saturated heterocycles. The fourth-order valence-electron chi connectivity index (χ4n) is 3.16. The quantitative estimate of drug-likeness (QED) is 0.821. The van der Waals surface area contributed by atoms with Crippen LogP contribution < -0.4 is 0 Å². The Morgan fingerprint density at radius 1 is 0.880 bits per heavy atom. The van der Waals surface area contributed by atoms with Gasteiger partial charge in [-0.05, 0) is 29.4 Å². The average molecular weight is 344 g/mol. The number of rotatable bonds is 5. The molecule has 0 spiro atoms. The lowest BCUT2D eigenvalue weighted by Gasteiger charge is -2.35. The Balaban J connectivity index is 1.78. The van der Waals surface area contributed by atoms with Crippen molar-refractivity contribution in [3.05, 3.63) is 35.4 Å². The molecule has 0 atom stereocenters. The van der Waals surface area contributed by atoms with Crippen molar-refractivity contribution >= 4 is 11.8 Å². The van der Waals surface area contributed by atoms with Gasteiger partial charge in [-0.25, -0.2) is 0 Å². The zero-order valence-corrected chi connectivity index (χ0v) is 16.2. The summed E-state index contributed by atoms with van der Waals surface area (Å²) in [5.74, 6) is 0.413. The van der Waals surface area contributed by atoms with Gasteiger partial charge in [0.05, 0.1) is 0 Å². The van der Waals surface area contributed by atoms with Crippen LogP contribution in [0.5, 0.6) is 0 Å². The summed E-state index contributed by atoms with van der Waals surface area (Å²) >= 11 is 0. The molecular weight excluding hydrogens is 312 g/mol. The Bertz CT molecular complexity index is 579. The van der Waals surface area contributed by atoms with Crippen LogP contribution in [-0.2, 0) is 21.4 Å². The van der Waals surface area contributed by atoms with E-state index < -0.39 is 0 Å². The zero-order valence-electron chi connectivity index (χ0n) is 16.2. The predicted molar refractivity (Wildman–Crippen MR) is 102 cm³/mol. The second-order valence-corrected chi connectivity index (χ2v) is 7.96. The van der Waals surface area contributed by atoms with E-state index in [-0.39, 0.29) is 17.2 Å². The molecule has 0 aliphatic carbocycles. The largest absolute Gasteiger partial charge is 0.339 e. The maximum absolute atomic E-state index is 12.4. The maximum atomic E-state index is 12.4. The van der Waals surface area contributed by atoms with Crippen LogP contribution in [-0.4, -0.2) is 47.8 Å². The van der Waals surface area contributed by atoms with E-state index in [4.69, 9.17) is 0 Å². The van der Waals surface area contributed by atoms with Crippen molar-refractivity contribution in [2.75, 3.05) is 26.2 Å². The number of benzene rings is 1. The van der Waals surface area contributed by atoms with Gasteiger partial charge < -0.3 is 9.80 Å². The molecule has 2 amide bonds. The van der Waals surface area contributed by atoms with Crippen LogP contribution in [0.25, 0.3) is 0 Å². The highest BCUT2D eigenvalue weighted by Gasteiger charge is 2.23. The first-order valence-electron chi connectivity index (χ1n) is 9.46. The summed E-state index contributed by atoms with van der Waals surface area (Å²) in [5, 5.41) is 0. The standard InChI is InChI=1S/C21H32N2O2/c1-5-6-19(24)22-13-15-23(16-14-22)20(25)12-9-17-7-10-18(11-8-17)21(2,3)4/h7-8,10-11H,5-6,9,12-16H2,1-4H3. The Hall–Kier alpha value is -1.84. The first-order chi connectivity index (χ1) is 11.8. The minimum Gasteiger partial charge on any atom is -0.339 e. The van der Waals surface area contributed by atoms with Crippen molar-refractivity contribution in [3.63, 3.8) is 0 Å². The Morgan fingerprint density at radius 2 is 1.36 bits per heavy atom. The van der Waals surface area contributed by atoms with Crippen LogP contribution in [0, 0.1) is 0 Å². The van der Waals surface area contributed by atoms with E-state index in [9.17, 15) is 9.59 Å². The number of hydrogen-bond acceptors (Lipinski definition) is 2. The summed E-state index contributed by atoms with van der Waals surface area (Å²) in [7, 11) is 0. The molecule has 0 saturated carbocycles. The third-order valence-electron chi connectivity index (χ3n) is 4.90. The van der Waals surface area contributed by atoms with Crippen molar-refractivity contribution in [1.82, 2.24) is 9.80 Å². The molecule has 0 N–H and O–H groups in total. The van der Waals surface area contributed by atoms with E-state index in [1.807, 2.05) is 16.7 Å². The highest BCUT2D eigenvalue weighted by atomic mass is 16.2. The Morgan fingerprint density at radius 3 is 1.80 bits per heavy atom. The molecule has 4 nitrogen and oxygen atoms in total. The molecule has 1 aromatic carbocycles. The summed E-state index contributed by atoms with van der Waals surface area (Å²) in [6.07, 6.45) is 2.81. The van der Waals surface area contributed by atoms with E-state index in [0.717, 1.165) is 12.8 Å². The second-order valence-electron chi connectivity index (χ2n) is 7.96. The Kier molecular flexibility index (Phi) is 6.63. The van der Waals surface area contributed by atoms with Gasteiger partial charge in [0.15, 0.2) is 0 Å². The van der Waals surface area contributed by atoms with Gasteiger partial charge in [-0.2, -0.15) is 0 Å². The number of carbonyl (C=O) groups excluding carboxylic acids is 2.